The number of aliphatic imine (C=N–C) groups is 1. The number of nitrogens with one attached hydrogen (secondary N) is 2. The van der Waals surface area contributed by atoms with Crippen LogP contribution in [0.15, 0.2) is 29.3 Å². The Morgan fingerprint density at radius 1 is 1.35 bits per heavy atom. The zero-order valence-corrected chi connectivity index (χ0v) is 16.3. The highest BCUT2D eigenvalue weighted by atomic mass is 16.6. The molecule has 0 spiro atoms. The van der Waals surface area contributed by atoms with Crippen molar-refractivity contribution >= 4 is 12.1 Å². The highest BCUT2D eigenvalue weighted by molar-refractivity contribution is 5.80. The first-order valence-corrected chi connectivity index (χ1v) is 8.96. The molecule has 0 bridgehead atoms. The second kappa shape index (κ2) is 8.78. The van der Waals surface area contributed by atoms with Gasteiger partial charge in [0.15, 0.2) is 5.96 Å². The third-order valence-electron chi connectivity index (χ3n) is 3.77. The van der Waals surface area contributed by atoms with Gasteiger partial charge in [0.05, 0.1) is 19.7 Å². The standard InChI is InChI=1S/C19H30N4O3/c1-6-20-17(21-11-14-8-7-9-16(10-14)25-5)22-15-12-23(13-15)18(24)26-19(2,3)4/h7-10,15H,6,11-13H2,1-5H3,(H2,20,21,22). The van der Waals surface area contributed by atoms with E-state index in [1.165, 1.54) is 0 Å². The number of hydrogen-bond donors (Lipinski definition) is 2. The predicted octanol–water partition coefficient (Wildman–Crippen LogP) is 2.37. The van der Waals surface area contributed by atoms with Gasteiger partial charge in [0.25, 0.3) is 0 Å². The van der Waals surface area contributed by atoms with Crippen LogP contribution in [0.25, 0.3) is 0 Å². The van der Waals surface area contributed by atoms with Crippen LogP contribution in [0.3, 0.4) is 0 Å². The van der Waals surface area contributed by atoms with Crippen LogP contribution < -0.4 is 15.4 Å². The Labute approximate surface area is 155 Å². The van der Waals surface area contributed by atoms with E-state index in [0.29, 0.717) is 19.6 Å². The van der Waals surface area contributed by atoms with E-state index in [4.69, 9.17) is 9.47 Å². The molecule has 1 amide bonds. The maximum Gasteiger partial charge on any atom is 0.410 e. The van der Waals surface area contributed by atoms with E-state index in [0.717, 1.165) is 23.8 Å². The average molecular weight is 362 g/mol. The average Bonchev–Trinajstić information content (AvgIpc) is 2.53. The van der Waals surface area contributed by atoms with Gasteiger partial charge in [0.2, 0.25) is 0 Å². The molecule has 1 aliphatic heterocycles. The number of methoxy groups -OCH3 is 1. The van der Waals surface area contributed by atoms with Crippen molar-refractivity contribution in [2.24, 2.45) is 4.99 Å². The van der Waals surface area contributed by atoms with E-state index in [2.05, 4.69) is 15.6 Å². The van der Waals surface area contributed by atoms with Gasteiger partial charge >= 0.3 is 6.09 Å². The Balaban J connectivity index is 1.86. The molecule has 0 atom stereocenters. The lowest BCUT2D eigenvalue weighted by molar-refractivity contribution is 0.00701. The fourth-order valence-electron chi connectivity index (χ4n) is 2.50. The fraction of sp³-hybridized carbons (Fsp3) is 0.579. The van der Waals surface area contributed by atoms with Gasteiger partial charge in [-0.1, -0.05) is 12.1 Å². The third-order valence-corrected chi connectivity index (χ3v) is 3.77. The Bertz CT molecular complexity index is 634. The molecule has 144 valence electrons. The lowest BCUT2D eigenvalue weighted by Crippen LogP contribution is -2.63. The molecular weight excluding hydrogens is 332 g/mol. The van der Waals surface area contributed by atoms with E-state index in [1.807, 2.05) is 52.0 Å². The molecule has 1 aliphatic rings. The zero-order valence-electron chi connectivity index (χ0n) is 16.3. The molecule has 0 saturated carbocycles. The topological polar surface area (TPSA) is 75.2 Å². The summed E-state index contributed by atoms with van der Waals surface area (Å²) >= 11 is 0. The van der Waals surface area contributed by atoms with E-state index in [1.54, 1.807) is 12.0 Å². The number of carbonyl (C=O) groups excluding carboxylic acids is 1. The monoisotopic (exact) mass is 362 g/mol. The van der Waals surface area contributed by atoms with Crippen LogP contribution in [-0.4, -0.2) is 55.3 Å². The van der Waals surface area contributed by atoms with Gasteiger partial charge in [-0.15, -0.1) is 0 Å². The third kappa shape index (κ3) is 6.13. The first-order chi connectivity index (χ1) is 12.3. The number of likely N-dealkylation sites (tertiary alicyclic amines) is 1. The number of nitrogens with zero attached hydrogens (tertiary/aromatic N) is 2. The molecular formula is C19H30N4O3. The lowest BCUT2D eigenvalue weighted by atomic mass is 10.1. The minimum Gasteiger partial charge on any atom is -0.497 e. The summed E-state index contributed by atoms with van der Waals surface area (Å²) < 4.78 is 10.6. The van der Waals surface area contributed by atoms with Crippen molar-refractivity contribution in [2.45, 2.75) is 45.9 Å². The normalized spacial score (nSPS) is 15.3. The highest BCUT2D eigenvalue weighted by Gasteiger charge is 2.34. The zero-order chi connectivity index (χ0) is 19.2. The number of ether oxygens (including phenoxy) is 2. The van der Waals surface area contributed by atoms with Crippen LogP contribution in [0.5, 0.6) is 5.75 Å². The molecule has 26 heavy (non-hydrogen) atoms. The van der Waals surface area contributed by atoms with Crippen molar-refractivity contribution in [3.63, 3.8) is 0 Å². The van der Waals surface area contributed by atoms with Crippen LogP contribution >= 0.6 is 0 Å². The summed E-state index contributed by atoms with van der Waals surface area (Å²) in [5.41, 5.74) is 0.605. The van der Waals surface area contributed by atoms with Gasteiger partial charge in [0.1, 0.15) is 11.4 Å². The number of carbonyl (C=O) groups is 1. The summed E-state index contributed by atoms with van der Waals surface area (Å²) in [6.45, 7) is 10.2. The smallest absolute Gasteiger partial charge is 0.410 e. The number of hydrogen-bond acceptors (Lipinski definition) is 4. The van der Waals surface area contributed by atoms with Gasteiger partial charge in [-0.25, -0.2) is 9.79 Å². The molecule has 1 saturated heterocycles. The highest BCUT2D eigenvalue weighted by Crippen LogP contribution is 2.16. The van der Waals surface area contributed by atoms with Crippen LogP contribution in [0.1, 0.15) is 33.3 Å². The summed E-state index contributed by atoms with van der Waals surface area (Å²) in [6.07, 6.45) is -0.270. The van der Waals surface area contributed by atoms with E-state index in [9.17, 15) is 4.79 Å². The summed E-state index contributed by atoms with van der Waals surface area (Å²) in [5.74, 6) is 1.56. The molecule has 0 aromatic heterocycles. The number of guanidine groups is 1. The van der Waals surface area contributed by atoms with Gasteiger partial charge < -0.3 is 25.0 Å². The molecule has 1 aromatic carbocycles. The second-order valence-electron chi connectivity index (χ2n) is 7.27. The number of benzene rings is 1. The van der Waals surface area contributed by atoms with Gasteiger partial charge in [-0.05, 0) is 45.4 Å². The summed E-state index contributed by atoms with van der Waals surface area (Å²) in [7, 11) is 1.65. The molecule has 1 heterocycles. The first-order valence-electron chi connectivity index (χ1n) is 8.96. The lowest BCUT2D eigenvalue weighted by Gasteiger charge is -2.40. The minimum atomic E-state index is -0.470. The molecule has 0 unspecified atom stereocenters. The Hall–Kier alpha value is -2.44. The van der Waals surface area contributed by atoms with Crippen LogP contribution in [-0.2, 0) is 11.3 Å². The number of amides is 1. The predicted molar refractivity (Wildman–Crippen MR) is 103 cm³/mol. The molecule has 1 aromatic rings. The maximum absolute atomic E-state index is 12.0. The summed E-state index contributed by atoms with van der Waals surface area (Å²) in [6, 6.07) is 8.03. The maximum atomic E-state index is 12.0. The molecule has 0 aliphatic carbocycles. The minimum absolute atomic E-state index is 0.172. The second-order valence-corrected chi connectivity index (χ2v) is 7.27. The van der Waals surface area contributed by atoms with Crippen molar-refractivity contribution in [3.05, 3.63) is 29.8 Å². The number of rotatable bonds is 5. The van der Waals surface area contributed by atoms with E-state index >= 15 is 0 Å². The van der Waals surface area contributed by atoms with Crippen LogP contribution in [0.2, 0.25) is 0 Å². The Kier molecular flexibility index (Phi) is 6.71. The molecule has 1 fully saturated rings. The van der Waals surface area contributed by atoms with Crippen molar-refractivity contribution in [3.8, 4) is 5.75 Å². The Morgan fingerprint density at radius 2 is 2.08 bits per heavy atom. The molecule has 7 nitrogen and oxygen atoms in total. The van der Waals surface area contributed by atoms with Crippen molar-refractivity contribution in [2.75, 3.05) is 26.7 Å². The molecule has 0 radical (unpaired) electrons. The largest absolute Gasteiger partial charge is 0.497 e. The van der Waals surface area contributed by atoms with Gasteiger partial charge in [-0.2, -0.15) is 0 Å². The van der Waals surface area contributed by atoms with Gasteiger partial charge in [0, 0.05) is 19.6 Å². The first kappa shape index (κ1) is 19.9. The Morgan fingerprint density at radius 3 is 2.69 bits per heavy atom. The molecule has 2 N–H and O–H groups in total. The van der Waals surface area contributed by atoms with Crippen molar-refractivity contribution in [1.82, 2.24) is 15.5 Å². The molecule has 2 rings (SSSR count). The van der Waals surface area contributed by atoms with Crippen LogP contribution in [0, 0.1) is 0 Å². The fourth-order valence-corrected chi connectivity index (χ4v) is 2.50. The summed E-state index contributed by atoms with van der Waals surface area (Å²) in [4.78, 5) is 18.3. The molecule has 7 heteroatoms. The van der Waals surface area contributed by atoms with E-state index < -0.39 is 5.60 Å². The quantitative estimate of drug-likeness (QED) is 0.621. The van der Waals surface area contributed by atoms with Gasteiger partial charge in [-0.3, -0.25) is 0 Å². The van der Waals surface area contributed by atoms with E-state index in [-0.39, 0.29) is 12.1 Å². The SMILES string of the molecule is CCNC(=NCc1cccc(OC)c1)NC1CN(C(=O)OC(C)(C)C)C1. The summed E-state index contributed by atoms with van der Waals surface area (Å²) in [5, 5.41) is 6.59. The van der Waals surface area contributed by atoms with Crippen molar-refractivity contribution < 1.29 is 14.3 Å². The van der Waals surface area contributed by atoms with Crippen molar-refractivity contribution in [1.29, 1.82) is 0 Å². The van der Waals surface area contributed by atoms with Crippen LogP contribution in [0.4, 0.5) is 4.79 Å².